The van der Waals surface area contributed by atoms with Gasteiger partial charge in [-0.1, -0.05) is 56.7 Å². The monoisotopic (exact) mass is 574 g/mol. The fourth-order valence-corrected chi connectivity index (χ4v) is 7.59. The summed E-state index contributed by atoms with van der Waals surface area (Å²) in [6, 6.07) is 12.8. The number of cyclic esters (lactones) is 1. The van der Waals surface area contributed by atoms with Gasteiger partial charge in [0.25, 0.3) is 0 Å². The van der Waals surface area contributed by atoms with Crippen LogP contribution in [0.2, 0.25) is 0 Å². The van der Waals surface area contributed by atoms with E-state index in [1.54, 1.807) is 23.0 Å². The second kappa shape index (κ2) is 10.8. The van der Waals surface area contributed by atoms with Gasteiger partial charge in [0.05, 0.1) is 30.4 Å². The molecular weight excluding hydrogens is 535 g/mol. The summed E-state index contributed by atoms with van der Waals surface area (Å²) < 4.78 is 26.6. The summed E-state index contributed by atoms with van der Waals surface area (Å²) in [7, 11) is 0. The average Bonchev–Trinajstić information content (AvgIpc) is 3.56. The van der Waals surface area contributed by atoms with Crippen LogP contribution in [-0.4, -0.2) is 39.7 Å². The lowest BCUT2D eigenvalue weighted by Crippen LogP contribution is -2.52. The molecule has 3 aliphatic rings. The standard InChI is InChI=1S/C33H39FN4O4/c1-21(2)22-9-11-28-23(15-22)10-12-29-32(28,3)13-6-14-33(29,4)30(39)41-20-25-17-37(36-35-25)18-27-19-38(31(40)42-27)26-8-5-7-24(34)16-26/h5,7-9,11,15-17,21,27,29H,6,10,12-14,18-20H2,1-4H3/t27?,29-,32-,33-/m1/s1. The van der Waals surface area contributed by atoms with E-state index in [0.717, 1.165) is 32.1 Å². The molecule has 8 nitrogen and oxygen atoms in total. The summed E-state index contributed by atoms with van der Waals surface area (Å²) in [5, 5.41) is 8.34. The lowest BCUT2D eigenvalue weighted by atomic mass is 9.49. The molecule has 0 bridgehead atoms. The van der Waals surface area contributed by atoms with Crippen molar-refractivity contribution in [3.8, 4) is 0 Å². The number of halogens is 1. The molecule has 42 heavy (non-hydrogen) atoms. The van der Waals surface area contributed by atoms with Crippen LogP contribution in [0.1, 0.15) is 81.7 Å². The number of rotatable bonds is 7. The van der Waals surface area contributed by atoms with Crippen LogP contribution in [0.15, 0.2) is 48.7 Å². The Morgan fingerprint density at radius 2 is 2.02 bits per heavy atom. The van der Waals surface area contributed by atoms with Gasteiger partial charge in [0.1, 0.15) is 24.2 Å². The first kappa shape index (κ1) is 28.4. The van der Waals surface area contributed by atoms with Gasteiger partial charge in [0.2, 0.25) is 0 Å². The SMILES string of the molecule is CC(C)c1ccc2c(c1)CC[C@H]1[C@](C)(C(=O)OCc3cn(CC4CN(c5cccc(F)c5)C(=O)O4)nn3)CCC[C@]21C. The van der Waals surface area contributed by atoms with Crippen molar-refractivity contribution in [2.24, 2.45) is 11.3 Å². The summed E-state index contributed by atoms with van der Waals surface area (Å²) in [6.07, 6.45) is 5.53. The van der Waals surface area contributed by atoms with Crippen molar-refractivity contribution in [3.05, 3.63) is 76.9 Å². The van der Waals surface area contributed by atoms with Gasteiger partial charge in [-0.05, 0) is 84.7 Å². The Kier molecular flexibility index (Phi) is 7.31. The van der Waals surface area contributed by atoms with E-state index in [-0.39, 0.29) is 37.0 Å². The molecule has 2 heterocycles. The zero-order chi connectivity index (χ0) is 29.6. The Hall–Kier alpha value is -3.75. The number of hydrogen-bond acceptors (Lipinski definition) is 6. The Morgan fingerprint density at radius 3 is 2.81 bits per heavy atom. The van der Waals surface area contributed by atoms with Crippen molar-refractivity contribution >= 4 is 17.7 Å². The smallest absolute Gasteiger partial charge is 0.414 e. The number of aromatic nitrogens is 3. The third-order valence-electron chi connectivity index (χ3n) is 9.83. The van der Waals surface area contributed by atoms with E-state index in [9.17, 15) is 14.0 Å². The minimum atomic E-state index is -0.574. The van der Waals surface area contributed by atoms with E-state index in [1.807, 2.05) is 0 Å². The Morgan fingerprint density at radius 1 is 1.19 bits per heavy atom. The molecule has 2 fully saturated rings. The lowest BCUT2D eigenvalue weighted by molar-refractivity contribution is -0.166. The van der Waals surface area contributed by atoms with E-state index in [1.165, 1.54) is 33.7 Å². The van der Waals surface area contributed by atoms with Crippen LogP contribution in [0, 0.1) is 17.2 Å². The quantitative estimate of drug-likeness (QED) is 0.307. The van der Waals surface area contributed by atoms with Gasteiger partial charge >= 0.3 is 12.1 Å². The minimum absolute atomic E-state index is 0.0338. The van der Waals surface area contributed by atoms with Crippen molar-refractivity contribution in [1.29, 1.82) is 0 Å². The van der Waals surface area contributed by atoms with Crippen LogP contribution in [0.3, 0.4) is 0 Å². The maximum Gasteiger partial charge on any atom is 0.414 e. The highest BCUT2D eigenvalue weighted by atomic mass is 19.1. The van der Waals surface area contributed by atoms with E-state index >= 15 is 0 Å². The van der Waals surface area contributed by atoms with Crippen molar-refractivity contribution in [2.75, 3.05) is 11.4 Å². The first-order valence-corrected chi connectivity index (χ1v) is 15.0. The van der Waals surface area contributed by atoms with E-state index < -0.39 is 23.4 Å². The maximum atomic E-state index is 13.7. The van der Waals surface area contributed by atoms with Crippen LogP contribution in [0.5, 0.6) is 0 Å². The van der Waals surface area contributed by atoms with Crippen molar-refractivity contribution in [3.63, 3.8) is 0 Å². The molecule has 0 radical (unpaired) electrons. The molecule has 1 saturated heterocycles. The van der Waals surface area contributed by atoms with Gasteiger partial charge in [-0.25, -0.2) is 13.9 Å². The third kappa shape index (κ3) is 5.07. The highest BCUT2D eigenvalue weighted by molar-refractivity contribution is 5.89. The molecular formula is C33H39FN4O4. The summed E-state index contributed by atoms with van der Waals surface area (Å²) in [4.78, 5) is 27.5. The minimum Gasteiger partial charge on any atom is -0.459 e. The number of nitrogens with zero attached hydrogens (tertiary/aromatic N) is 4. The van der Waals surface area contributed by atoms with Gasteiger partial charge in [0.15, 0.2) is 0 Å². The molecule has 2 aromatic carbocycles. The fourth-order valence-electron chi connectivity index (χ4n) is 7.59. The van der Waals surface area contributed by atoms with Gasteiger partial charge in [-0.2, -0.15) is 0 Å². The highest BCUT2D eigenvalue weighted by Crippen LogP contribution is 2.57. The third-order valence-corrected chi connectivity index (χ3v) is 9.83. The average molecular weight is 575 g/mol. The Balaban J connectivity index is 1.09. The predicted molar refractivity (Wildman–Crippen MR) is 155 cm³/mol. The molecule has 1 unspecified atom stereocenters. The van der Waals surface area contributed by atoms with Crippen LogP contribution < -0.4 is 4.90 Å². The second-order valence-electron chi connectivity index (χ2n) is 13.0. The van der Waals surface area contributed by atoms with Crippen LogP contribution in [0.4, 0.5) is 14.9 Å². The number of amides is 1. The normalized spacial score (nSPS) is 27.0. The van der Waals surface area contributed by atoms with E-state index in [0.29, 0.717) is 17.3 Å². The predicted octanol–water partition coefficient (Wildman–Crippen LogP) is 6.32. The van der Waals surface area contributed by atoms with Gasteiger partial charge < -0.3 is 9.47 Å². The number of aryl methyl sites for hydroxylation is 1. The van der Waals surface area contributed by atoms with Gasteiger partial charge in [-0.3, -0.25) is 9.69 Å². The number of esters is 1. The van der Waals surface area contributed by atoms with Crippen LogP contribution >= 0.6 is 0 Å². The number of anilines is 1. The van der Waals surface area contributed by atoms with Crippen LogP contribution in [-0.2, 0) is 39.3 Å². The molecule has 9 heteroatoms. The lowest BCUT2D eigenvalue weighted by Gasteiger charge is -2.54. The summed E-state index contributed by atoms with van der Waals surface area (Å²) in [5.74, 6) is 0.107. The van der Waals surface area contributed by atoms with Crippen LogP contribution in [0.25, 0.3) is 0 Å². The van der Waals surface area contributed by atoms with Crippen molar-refractivity contribution in [2.45, 2.75) is 90.4 Å². The molecule has 0 spiro atoms. The summed E-state index contributed by atoms with van der Waals surface area (Å²) >= 11 is 0. The van der Waals surface area contributed by atoms with E-state index in [2.05, 4.69) is 56.2 Å². The van der Waals surface area contributed by atoms with Gasteiger partial charge in [-0.15, -0.1) is 5.10 Å². The topological polar surface area (TPSA) is 86.5 Å². The molecule has 0 N–H and O–H groups in total. The number of carbonyl (C=O) groups is 2. The maximum absolute atomic E-state index is 13.7. The first-order valence-electron chi connectivity index (χ1n) is 15.0. The molecule has 1 aromatic heterocycles. The van der Waals surface area contributed by atoms with E-state index in [4.69, 9.17) is 9.47 Å². The van der Waals surface area contributed by atoms with Crippen molar-refractivity contribution < 1.29 is 23.5 Å². The second-order valence-corrected chi connectivity index (χ2v) is 13.0. The largest absolute Gasteiger partial charge is 0.459 e. The highest BCUT2D eigenvalue weighted by Gasteiger charge is 2.55. The Labute approximate surface area is 246 Å². The summed E-state index contributed by atoms with van der Waals surface area (Å²) in [5.41, 5.74) is 4.55. The number of ether oxygens (including phenoxy) is 2. The zero-order valence-corrected chi connectivity index (χ0v) is 24.8. The Bertz CT molecular complexity index is 1500. The molecule has 222 valence electrons. The molecule has 4 atom stereocenters. The number of benzene rings is 2. The molecule has 6 rings (SSSR count). The zero-order valence-electron chi connectivity index (χ0n) is 24.8. The number of fused-ring (bicyclic) bond motifs is 3. The molecule has 2 aliphatic carbocycles. The van der Waals surface area contributed by atoms with Gasteiger partial charge in [0, 0.05) is 0 Å². The molecule has 1 saturated carbocycles. The fraction of sp³-hybridized carbons (Fsp3) is 0.515. The summed E-state index contributed by atoms with van der Waals surface area (Å²) in [6.45, 7) is 9.47. The molecule has 3 aromatic rings. The molecule has 1 amide bonds. The molecule has 1 aliphatic heterocycles. The van der Waals surface area contributed by atoms with Crippen molar-refractivity contribution in [1.82, 2.24) is 15.0 Å². The number of carbonyl (C=O) groups excluding carboxylic acids is 2. The number of hydrogen-bond donors (Lipinski definition) is 0. The first-order chi connectivity index (χ1) is 20.1.